The fourth-order valence-corrected chi connectivity index (χ4v) is 3.58. The standard InChI is InChI=1S/C6H14FO14P3.6Na/c7-1-2(8)5(20-23(13,14)15)3(9)6(21-24(16,17)18)4(1)19-22(10,11)12;;;;;;/h1-6,8-9H,(H2,10,11,12)(H2,13,14,15)(H2,16,17,18);;;;;;/q;6*+1/p-6/t1-,2+,3-,4+,5+,6+;;;;;;/m0....../s1. The van der Waals surface area contributed by atoms with E-state index in [4.69, 9.17) is 0 Å². The zero-order valence-corrected chi connectivity index (χ0v) is 31.7. The van der Waals surface area contributed by atoms with Crippen molar-refractivity contribution in [2.45, 2.75) is 36.7 Å². The Morgan fingerprint density at radius 1 is 0.567 bits per heavy atom. The molecule has 144 valence electrons. The third-order valence-corrected chi connectivity index (χ3v) is 4.23. The SMILES string of the molecule is O=P([O-])([O-])O[C@@H]1[C@H](O)[C@H](F)[C@@H](OP(=O)([O-])[O-])[C@H](OP(=O)([O-])[O-])[C@H]1O.[Na+].[Na+].[Na+].[Na+].[Na+].[Na+]. The van der Waals surface area contributed by atoms with Crippen LogP contribution in [0.4, 0.5) is 4.39 Å². The summed E-state index contributed by atoms with van der Waals surface area (Å²) in [5.74, 6) is 0. The van der Waals surface area contributed by atoms with Gasteiger partial charge in [0.2, 0.25) is 0 Å². The molecule has 0 amide bonds. The van der Waals surface area contributed by atoms with Gasteiger partial charge in [-0.2, -0.15) is 0 Å². The van der Waals surface area contributed by atoms with Crippen LogP contribution in [0.3, 0.4) is 0 Å². The van der Waals surface area contributed by atoms with E-state index in [0.717, 1.165) is 0 Å². The van der Waals surface area contributed by atoms with E-state index in [1.54, 1.807) is 0 Å². The number of phosphoric acid groups is 3. The number of phosphoric ester groups is 3. The van der Waals surface area contributed by atoms with Gasteiger partial charge < -0.3 is 66.8 Å². The van der Waals surface area contributed by atoms with Crippen molar-refractivity contribution in [1.29, 1.82) is 0 Å². The molecule has 30 heavy (non-hydrogen) atoms. The van der Waals surface area contributed by atoms with Crippen molar-refractivity contribution in [3.05, 3.63) is 0 Å². The van der Waals surface area contributed by atoms with Gasteiger partial charge in [-0.3, -0.25) is 0 Å². The van der Waals surface area contributed by atoms with Gasteiger partial charge in [0.15, 0.2) is 6.17 Å². The molecule has 1 aliphatic carbocycles. The number of alkyl halides is 1. The van der Waals surface area contributed by atoms with E-state index in [9.17, 15) is 57.7 Å². The summed E-state index contributed by atoms with van der Waals surface area (Å²) >= 11 is 0. The predicted molar refractivity (Wildman–Crippen MR) is 54.3 cm³/mol. The summed E-state index contributed by atoms with van der Waals surface area (Å²) in [6.45, 7) is 0. The van der Waals surface area contributed by atoms with E-state index in [1.165, 1.54) is 0 Å². The summed E-state index contributed by atoms with van der Waals surface area (Å²) < 4.78 is 56.5. The van der Waals surface area contributed by atoms with Crippen LogP contribution in [0.1, 0.15) is 0 Å². The number of hydrogen-bond acceptors (Lipinski definition) is 14. The molecule has 14 nitrogen and oxygen atoms in total. The van der Waals surface area contributed by atoms with Gasteiger partial charge in [0.1, 0.15) is 30.5 Å². The van der Waals surface area contributed by atoms with Crippen LogP contribution in [-0.2, 0) is 27.3 Å². The molecule has 0 aromatic heterocycles. The van der Waals surface area contributed by atoms with Crippen molar-refractivity contribution >= 4 is 23.5 Å². The average molecular weight is 554 g/mol. The zero-order valence-electron chi connectivity index (χ0n) is 17.0. The molecule has 0 aromatic carbocycles. The topological polar surface area (TPSA) is 258 Å². The molecule has 0 saturated heterocycles. The molecule has 0 heterocycles. The Labute approximate surface area is 303 Å². The molecule has 1 rings (SSSR count). The van der Waals surface area contributed by atoms with E-state index in [1.807, 2.05) is 0 Å². The maximum absolute atomic E-state index is 14.0. The minimum absolute atomic E-state index is 0. The third kappa shape index (κ3) is 18.4. The molecule has 0 aromatic rings. The monoisotopic (exact) mass is 554 g/mol. The van der Waals surface area contributed by atoms with Crippen molar-refractivity contribution in [3.8, 4) is 0 Å². The molecular weight excluding hydrogens is 546 g/mol. The summed E-state index contributed by atoms with van der Waals surface area (Å²) in [5, 5.41) is 19.1. The van der Waals surface area contributed by atoms with Gasteiger partial charge in [0.05, 0.1) is 23.5 Å². The Morgan fingerprint density at radius 2 is 0.833 bits per heavy atom. The molecule has 2 N–H and O–H groups in total. The summed E-state index contributed by atoms with van der Waals surface area (Å²) in [7, 11) is -18.1. The van der Waals surface area contributed by atoms with Crippen molar-refractivity contribution in [3.63, 3.8) is 0 Å². The summed E-state index contributed by atoms with van der Waals surface area (Å²) in [4.78, 5) is 63.3. The quantitative estimate of drug-likeness (QED) is 0.228. The van der Waals surface area contributed by atoms with E-state index < -0.39 is 60.2 Å². The second-order valence-electron chi connectivity index (χ2n) is 4.48. The first-order chi connectivity index (χ1) is 10.5. The van der Waals surface area contributed by atoms with Gasteiger partial charge >= 0.3 is 177 Å². The number of aliphatic hydroxyl groups is 2. The predicted octanol–water partition coefficient (Wildman–Crippen LogP) is -24.3. The first-order valence-corrected chi connectivity index (χ1v) is 10.0. The molecule has 0 spiro atoms. The van der Waals surface area contributed by atoms with Crippen LogP contribution in [0, 0.1) is 0 Å². The second kappa shape index (κ2) is 20.1. The Morgan fingerprint density at radius 3 is 1.13 bits per heavy atom. The van der Waals surface area contributed by atoms with Gasteiger partial charge in [0, 0.05) is 0 Å². The number of halogens is 1. The number of aliphatic hydroxyl groups excluding tert-OH is 2. The van der Waals surface area contributed by atoms with Crippen molar-refractivity contribution in [1.82, 2.24) is 0 Å². The van der Waals surface area contributed by atoms with E-state index >= 15 is 0 Å². The van der Waals surface area contributed by atoms with Crippen LogP contribution in [0.15, 0.2) is 0 Å². The normalized spacial score (nSPS) is 28.7. The van der Waals surface area contributed by atoms with Crippen LogP contribution in [0.2, 0.25) is 0 Å². The smallest absolute Gasteiger partial charge is 0.790 e. The van der Waals surface area contributed by atoms with Gasteiger partial charge in [-0.25, -0.2) is 4.39 Å². The van der Waals surface area contributed by atoms with Crippen LogP contribution in [-0.4, -0.2) is 46.9 Å². The summed E-state index contributed by atoms with van der Waals surface area (Å²) in [5.41, 5.74) is 0. The van der Waals surface area contributed by atoms with E-state index in [-0.39, 0.29) is 177 Å². The van der Waals surface area contributed by atoms with E-state index in [0.29, 0.717) is 0 Å². The molecule has 1 fully saturated rings. The molecule has 0 radical (unpaired) electrons. The molecule has 0 aliphatic heterocycles. The first-order valence-electron chi connectivity index (χ1n) is 5.63. The third-order valence-electron chi connectivity index (χ3n) is 2.73. The first kappa shape index (κ1) is 49.2. The van der Waals surface area contributed by atoms with Crippen LogP contribution in [0.25, 0.3) is 0 Å². The molecule has 0 unspecified atom stereocenters. The van der Waals surface area contributed by atoms with Crippen LogP contribution >= 0.6 is 23.5 Å². The van der Waals surface area contributed by atoms with Gasteiger partial charge in [-0.05, 0) is 0 Å². The second-order valence-corrected chi connectivity index (χ2v) is 7.79. The number of rotatable bonds is 6. The minimum Gasteiger partial charge on any atom is -0.790 e. The summed E-state index contributed by atoms with van der Waals surface area (Å²) in [6.07, 6.45) is -16.9. The Balaban J connectivity index is -0.000000240. The zero-order chi connectivity index (χ0) is 19.1. The fourth-order valence-electron chi connectivity index (χ4n) is 1.95. The van der Waals surface area contributed by atoms with Crippen LogP contribution in [0.5, 0.6) is 0 Å². The maximum atomic E-state index is 14.0. The van der Waals surface area contributed by atoms with Crippen molar-refractivity contribution in [2.75, 3.05) is 0 Å². The van der Waals surface area contributed by atoms with Gasteiger partial charge in [-0.15, -0.1) is 0 Å². The molecular formula is C6H8FNa6O14P3. The maximum Gasteiger partial charge on any atom is 1.00 e. The van der Waals surface area contributed by atoms with Crippen LogP contribution < -0.4 is 207 Å². The molecule has 0 bridgehead atoms. The molecule has 24 heteroatoms. The summed E-state index contributed by atoms with van der Waals surface area (Å²) in [6, 6.07) is 0. The minimum atomic E-state index is -6.06. The van der Waals surface area contributed by atoms with Crippen molar-refractivity contribution < 1.29 is 249 Å². The van der Waals surface area contributed by atoms with Crippen molar-refractivity contribution in [2.24, 2.45) is 0 Å². The fraction of sp³-hybridized carbons (Fsp3) is 1.00. The van der Waals surface area contributed by atoms with Gasteiger partial charge in [-0.1, -0.05) is 0 Å². The van der Waals surface area contributed by atoms with Gasteiger partial charge in [0.25, 0.3) is 0 Å². The Bertz CT molecular complexity index is 601. The largest absolute Gasteiger partial charge is 1.00 e. The number of hydrogen-bond donors (Lipinski definition) is 2. The van der Waals surface area contributed by atoms with E-state index in [2.05, 4.69) is 13.6 Å². The Hall–Kier alpha value is 6.18. The molecule has 6 atom stereocenters. The Kier molecular flexibility index (Phi) is 33.0. The average Bonchev–Trinajstić information content (AvgIpc) is 2.32. The molecule has 1 saturated carbocycles. The molecule has 1 aliphatic rings.